The number of nitrogens with two attached hydrogens (primary N) is 1. The van der Waals surface area contributed by atoms with Crippen molar-refractivity contribution in [3.63, 3.8) is 0 Å². The van der Waals surface area contributed by atoms with Crippen LogP contribution in [0.4, 0.5) is 0 Å². The third-order valence-electron chi connectivity index (χ3n) is 2.38. The first-order chi connectivity index (χ1) is 6.79. The van der Waals surface area contributed by atoms with E-state index in [1.165, 1.54) is 4.88 Å². The average Bonchev–Trinajstić information content (AvgIpc) is 2.69. The van der Waals surface area contributed by atoms with Gasteiger partial charge in [0.2, 0.25) is 0 Å². The van der Waals surface area contributed by atoms with Gasteiger partial charge in [-0.05, 0) is 23.8 Å². The van der Waals surface area contributed by atoms with Gasteiger partial charge in [0.15, 0.2) is 0 Å². The minimum Gasteiger partial charge on any atom is -0.385 e. The molecule has 4 heteroatoms. The van der Waals surface area contributed by atoms with Gasteiger partial charge in [0, 0.05) is 18.6 Å². The number of rotatable bonds is 6. The number of thiophene rings is 1. The summed E-state index contributed by atoms with van der Waals surface area (Å²) in [5.74, 6) is 6.04. The minimum atomic E-state index is 0.241. The van der Waals surface area contributed by atoms with Gasteiger partial charge in [0.05, 0.1) is 6.04 Å². The molecule has 1 heterocycles. The van der Waals surface area contributed by atoms with Crippen molar-refractivity contribution in [1.29, 1.82) is 0 Å². The predicted molar refractivity (Wildman–Crippen MR) is 60.0 cm³/mol. The maximum atomic E-state index is 5.55. The van der Waals surface area contributed by atoms with Gasteiger partial charge >= 0.3 is 0 Å². The molecule has 14 heavy (non-hydrogen) atoms. The number of nitrogens with one attached hydrogen (secondary N) is 1. The molecule has 80 valence electrons. The molecule has 0 spiro atoms. The Bertz CT molecular complexity index is 238. The first-order valence-corrected chi connectivity index (χ1v) is 5.66. The Morgan fingerprint density at radius 3 is 2.93 bits per heavy atom. The Morgan fingerprint density at radius 2 is 2.43 bits per heavy atom. The zero-order valence-electron chi connectivity index (χ0n) is 8.69. The lowest BCUT2D eigenvalue weighted by Crippen LogP contribution is -2.32. The number of hydrogen-bond donors (Lipinski definition) is 2. The summed E-state index contributed by atoms with van der Waals surface area (Å²) in [6.45, 7) is 2.97. The highest BCUT2D eigenvalue weighted by Crippen LogP contribution is 2.27. The van der Waals surface area contributed by atoms with Crippen LogP contribution >= 0.6 is 11.3 Å². The average molecular weight is 214 g/mol. The highest BCUT2D eigenvalue weighted by atomic mass is 32.1. The molecule has 0 aromatic carbocycles. The summed E-state index contributed by atoms with van der Waals surface area (Å²) in [7, 11) is 1.72. The van der Waals surface area contributed by atoms with Crippen LogP contribution in [0.15, 0.2) is 17.5 Å². The molecule has 1 rings (SSSR count). The number of hydrazine groups is 1. The fourth-order valence-electron chi connectivity index (χ4n) is 1.47. The van der Waals surface area contributed by atoms with Crippen LogP contribution in [0.2, 0.25) is 0 Å². The zero-order valence-corrected chi connectivity index (χ0v) is 9.51. The molecule has 0 fully saturated rings. The molecule has 0 radical (unpaired) electrons. The summed E-state index contributed by atoms with van der Waals surface area (Å²) in [5.41, 5.74) is 2.87. The maximum absolute atomic E-state index is 5.55. The van der Waals surface area contributed by atoms with E-state index >= 15 is 0 Å². The molecule has 2 atom stereocenters. The molecule has 0 bridgehead atoms. The van der Waals surface area contributed by atoms with Crippen molar-refractivity contribution in [1.82, 2.24) is 5.43 Å². The Balaban J connectivity index is 2.53. The van der Waals surface area contributed by atoms with Crippen molar-refractivity contribution in [2.75, 3.05) is 13.7 Å². The molecular formula is C10H18N2OS. The largest absolute Gasteiger partial charge is 0.385 e. The van der Waals surface area contributed by atoms with Crippen LogP contribution in [0.1, 0.15) is 24.3 Å². The first kappa shape index (κ1) is 11.7. The van der Waals surface area contributed by atoms with Crippen molar-refractivity contribution >= 4 is 11.3 Å². The van der Waals surface area contributed by atoms with Gasteiger partial charge in [-0.3, -0.25) is 11.3 Å². The molecule has 1 aromatic heterocycles. The maximum Gasteiger partial charge on any atom is 0.0579 e. The van der Waals surface area contributed by atoms with Crippen molar-refractivity contribution in [3.8, 4) is 0 Å². The highest BCUT2D eigenvalue weighted by molar-refractivity contribution is 7.10. The third-order valence-corrected chi connectivity index (χ3v) is 3.33. The van der Waals surface area contributed by atoms with Crippen LogP contribution in [-0.4, -0.2) is 13.7 Å². The van der Waals surface area contributed by atoms with E-state index in [2.05, 4.69) is 23.8 Å². The second-order valence-electron chi connectivity index (χ2n) is 3.42. The number of ether oxygens (including phenoxy) is 1. The Labute approximate surface area is 89.2 Å². The van der Waals surface area contributed by atoms with Gasteiger partial charge in [-0.2, -0.15) is 0 Å². The Hall–Kier alpha value is -0.420. The lowest BCUT2D eigenvalue weighted by atomic mass is 9.98. The molecule has 2 unspecified atom stereocenters. The Kier molecular flexibility index (Phi) is 5.11. The Morgan fingerprint density at radius 1 is 1.64 bits per heavy atom. The fraction of sp³-hybridized carbons (Fsp3) is 0.600. The monoisotopic (exact) mass is 214 g/mol. The van der Waals surface area contributed by atoms with E-state index in [4.69, 9.17) is 10.6 Å². The summed E-state index contributed by atoms with van der Waals surface area (Å²) in [6, 6.07) is 4.40. The molecule has 3 nitrogen and oxygen atoms in total. The standard InChI is InChI=1S/C10H18N2OS/c1-8(5-6-13-2)10(12-11)9-4-3-7-14-9/h3-4,7-8,10,12H,5-6,11H2,1-2H3. The molecular weight excluding hydrogens is 196 g/mol. The van der Waals surface area contributed by atoms with E-state index in [1.807, 2.05) is 6.07 Å². The van der Waals surface area contributed by atoms with E-state index in [-0.39, 0.29) is 6.04 Å². The van der Waals surface area contributed by atoms with E-state index in [0.717, 1.165) is 13.0 Å². The van der Waals surface area contributed by atoms with Gasteiger partial charge in [-0.15, -0.1) is 11.3 Å². The van der Waals surface area contributed by atoms with Gasteiger partial charge in [0.1, 0.15) is 0 Å². The zero-order chi connectivity index (χ0) is 10.4. The van der Waals surface area contributed by atoms with Crippen LogP contribution in [-0.2, 0) is 4.74 Å². The molecule has 0 aliphatic rings. The van der Waals surface area contributed by atoms with Crippen LogP contribution in [0.5, 0.6) is 0 Å². The minimum absolute atomic E-state index is 0.241. The smallest absolute Gasteiger partial charge is 0.0579 e. The van der Waals surface area contributed by atoms with Crippen molar-refractivity contribution in [2.45, 2.75) is 19.4 Å². The summed E-state index contributed by atoms with van der Waals surface area (Å²) in [4.78, 5) is 1.29. The van der Waals surface area contributed by atoms with Crippen LogP contribution in [0, 0.1) is 5.92 Å². The lowest BCUT2D eigenvalue weighted by molar-refractivity contribution is 0.170. The quantitative estimate of drug-likeness (QED) is 0.562. The topological polar surface area (TPSA) is 47.3 Å². The molecule has 0 saturated heterocycles. The van der Waals surface area contributed by atoms with Crippen molar-refractivity contribution in [2.24, 2.45) is 11.8 Å². The predicted octanol–water partition coefficient (Wildman–Crippen LogP) is 1.93. The molecule has 1 aromatic rings. The molecule has 3 N–H and O–H groups in total. The van der Waals surface area contributed by atoms with Crippen LogP contribution in [0.25, 0.3) is 0 Å². The SMILES string of the molecule is COCCC(C)C(NN)c1cccs1. The van der Waals surface area contributed by atoms with Crippen molar-refractivity contribution in [3.05, 3.63) is 22.4 Å². The second-order valence-corrected chi connectivity index (χ2v) is 4.40. The van der Waals surface area contributed by atoms with Gasteiger partial charge in [-0.1, -0.05) is 13.0 Å². The summed E-state index contributed by atoms with van der Waals surface area (Å²) in [5, 5.41) is 2.07. The summed E-state index contributed by atoms with van der Waals surface area (Å²) < 4.78 is 5.06. The fourth-order valence-corrected chi connectivity index (χ4v) is 2.38. The van der Waals surface area contributed by atoms with Gasteiger partial charge in [-0.25, -0.2) is 0 Å². The van der Waals surface area contributed by atoms with Gasteiger partial charge in [0.25, 0.3) is 0 Å². The van der Waals surface area contributed by atoms with Crippen LogP contribution in [0.3, 0.4) is 0 Å². The van der Waals surface area contributed by atoms with Crippen LogP contribution < -0.4 is 11.3 Å². The van der Waals surface area contributed by atoms with E-state index in [0.29, 0.717) is 5.92 Å². The van der Waals surface area contributed by atoms with Crippen molar-refractivity contribution < 1.29 is 4.74 Å². The summed E-state index contributed by atoms with van der Waals surface area (Å²) >= 11 is 1.73. The molecule has 0 amide bonds. The van der Waals surface area contributed by atoms with E-state index < -0.39 is 0 Å². The van der Waals surface area contributed by atoms with Gasteiger partial charge < -0.3 is 4.74 Å². The number of hydrogen-bond acceptors (Lipinski definition) is 4. The molecule has 0 aliphatic carbocycles. The lowest BCUT2D eigenvalue weighted by Gasteiger charge is -2.21. The normalized spacial score (nSPS) is 15.4. The molecule has 0 saturated carbocycles. The van der Waals surface area contributed by atoms with E-state index in [9.17, 15) is 0 Å². The molecule has 0 aliphatic heterocycles. The first-order valence-electron chi connectivity index (χ1n) is 4.78. The highest BCUT2D eigenvalue weighted by Gasteiger charge is 2.18. The third kappa shape index (κ3) is 3.06. The van der Waals surface area contributed by atoms with E-state index in [1.54, 1.807) is 18.4 Å². The number of methoxy groups -OCH3 is 1. The second kappa shape index (κ2) is 6.14. The summed E-state index contributed by atoms with van der Waals surface area (Å²) in [6.07, 6.45) is 1.02.